The maximum atomic E-state index is 10.2. The van der Waals surface area contributed by atoms with E-state index in [1.54, 1.807) is 0 Å². The van der Waals surface area contributed by atoms with E-state index in [4.69, 9.17) is 14.5 Å². The summed E-state index contributed by atoms with van der Waals surface area (Å²) in [7, 11) is -4.33. The Morgan fingerprint density at radius 1 is 1.25 bits per heavy atom. The highest BCUT2D eigenvalue weighted by Crippen LogP contribution is 2.35. The van der Waals surface area contributed by atoms with E-state index in [0.717, 1.165) is 0 Å². The number of ether oxygens (including phenoxy) is 1. The number of phosphoric acid groups is 1. The molecule has 0 fully saturated rings. The first-order chi connectivity index (χ1) is 5.21. The van der Waals surface area contributed by atoms with Crippen LogP contribution in [0.2, 0.25) is 0 Å². The molecule has 0 saturated carbocycles. The Balaban J connectivity index is 3.41. The minimum Gasteiger partial charge on any atom is -0.373 e. The second-order valence-electron chi connectivity index (χ2n) is 3.28. The minimum absolute atomic E-state index is 0.0957. The van der Waals surface area contributed by atoms with Gasteiger partial charge in [0, 0.05) is 0 Å². The quantitative estimate of drug-likeness (QED) is 0.518. The first-order valence-electron chi connectivity index (χ1n) is 3.55. The van der Waals surface area contributed by atoms with E-state index in [9.17, 15) is 4.57 Å². The first-order valence-corrected chi connectivity index (χ1v) is 5.08. The fraction of sp³-hybridized carbons (Fsp3) is 1.00. The topological polar surface area (TPSA) is 76.0 Å². The summed E-state index contributed by atoms with van der Waals surface area (Å²) < 4.78 is 19.5. The van der Waals surface area contributed by atoms with Gasteiger partial charge in [0.05, 0.1) is 18.8 Å². The van der Waals surface area contributed by atoms with Crippen LogP contribution in [0.4, 0.5) is 0 Å². The van der Waals surface area contributed by atoms with E-state index in [-0.39, 0.29) is 18.8 Å². The van der Waals surface area contributed by atoms with Crippen molar-refractivity contribution in [3.8, 4) is 0 Å². The van der Waals surface area contributed by atoms with Crippen molar-refractivity contribution < 1.29 is 23.6 Å². The van der Waals surface area contributed by atoms with Crippen molar-refractivity contribution in [1.82, 2.24) is 0 Å². The Labute approximate surface area is 71.9 Å². The Morgan fingerprint density at radius 2 is 1.75 bits per heavy atom. The molecule has 0 bridgehead atoms. The van der Waals surface area contributed by atoms with E-state index in [2.05, 4.69) is 4.52 Å². The maximum Gasteiger partial charge on any atom is 0.469 e. The van der Waals surface area contributed by atoms with Crippen molar-refractivity contribution in [3.63, 3.8) is 0 Å². The van der Waals surface area contributed by atoms with Gasteiger partial charge in [0.1, 0.15) is 0 Å². The van der Waals surface area contributed by atoms with Gasteiger partial charge in [-0.05, 0) is 20.8 Å². The van der Waals surface area contributed by atoms with Gasteiger partial charge in [-0.15, -0.1) is 0 Å². The molecular formula is C6H15O5P. The van der Waals surface area contributed by atoms with Crippen LogP contribution >= 0.6 is 7.82 Å². The zero-order chi connectivity index (χ0) is 9.83. The highest BCUT2D eigenvalue weighted by atomic mass is 31.2. The molecule has 0 unspecified atom stereocenters. The fourth-order valence-electron chi connectivity index (χ4n) is 0.504. The van der Waals surface area contributed by atoms with Crippen molar-refractivity contribution in [2.45, 2.75) is 26.4 Å². The van der Waals surface area contributed by atoms with Gasteiger partial charge < -0.3 is 14.5 Å². The first kappa shape index (κ1) is 12.1. The molecule has 6 heteroatoms. The number of rotatable bonds is 4. The monoisotopic (exact) mass is 198 g/mol. The van der Waals surface area contributed by atoms with Crippen molar-refractivity contribution in [3.05, 3.63) is 0 Å². The molecule has 0 aromatic heterocycles. The van der Waals surface area contributed by atoms with E-state index >= 15 is 0 Å². The Bertz CT molecular complexity index is 167. The molecule has 74 valence electrons. The second kappa shape index (κ2) is 4.35. The predicted octanol–water partition coefficient (Wildman–Crippen LogP) is 0.911. The predicted molar refractivity (Wildman–Crippen MR) is 43.7 cm³/mol. The Hall–Kier alpha value is 0.0700. The molecular weight excluding hydrogens is 183 g/mol. The molecule has 0 spiro atoms. The molecule has 0 radical (unpaired) electrons. The largest absolute Gasteiger partial charge is 0.469 e. The van der Waals surface area contributed by atoms with Gasteiger partial charge in [-0.25, -0.2) is 4.57 Å². The molecule has 0 rings (SSSR count). The summed E-state index contributed by atoms with van der Waals surface area (Å²) in [6, 6.07) is 0. The molecule has 0 aromatic carbocycles. The van der Waals surface area contributed by atoms with Crippen LogP contribution in [0.1, 0.15) is 20.8 Å². The van der Waals surface area contributed by atoms with E-state index in [1.807, 2.05) is 20.8 Å². The SMILES string of the molecule is CC(C)(C)OCCOP(=O)(O)O. The van der Waals surface area contributed by atoms with Crippen molar-refractivity contribution in [2.75, 3.05) is 13.2 Å². The molecule has 0 aliphatic carbocycles. The molecule has 5 nitrogen and oxygen atoms in total. The third-order valence-corrected chi connectivity index (χ3v) is 1.40. The van der Waals surface area contributed by atoms with Gasteiger partial charge in [-0.2, -0.15) is 0 Å². The summed E-state index contributed by atoms with van der Waals surface area (Å²) in [5.41, 5.74) is -0.307. The zero-order valence-corrected chi connectivity index (χ0v) is 8.38. The van der Waals surface area contributed by atoms with Crippen LogP contribution in [-0.4, -0.2) is 28.6 Å². The van der Waals surface area contributed by atoms with Crippen molar-refractivity contribution in [2.24, 2.45) is 0 Å². The average molecular weight is 198 g/mol. The summed E-state index contributed by atoms with van der Waals surface area (Å²) in [5.74, 6) is 0. The van der Waals surface area contributed by atoms with Crippen molar-refractivity contribution >= 4 is 7.82 Å². The molecule has 0 saturated heterocycles. The van der Waals surface area contributed by atoms with Gasteiger partial charge in [-0.1, -0.05) is 0 Å². The number of hydrogen-bond donors (Lipinski definition) is 2. The Kier molecular flexibility index (Phi) is 4.37. The van der Waals surface area contributed by atoms with Crippen LogP contribution in [-0.2, 0) is 13.8 Å². The highest BCUT2D eigenvalue weighted by molar-refractivity contribution is 7.46. The number of hydrogen-bond acceptors (Lipinski definition) is 3. The van der Waals surface area contributed by atoms with E-state index < -0.39 is 7.82 Å². The molecule has 12 heavy (non-hydrogen) atoms. The lowest BCUT2D eigenvalue weighted by atomic mass is 10.2. The second-order valence-corrected chi connectivity index (χ2v) is 4.52. The molecule has 0 atom stereocenters. The Morgan fingerprint density at radius 3 is 2.08 bits per heavy atom. The average Bonchev–Trinajstić information content (AvgIpc) is 1.76. The normalized spacial score (nSPS) is 13.4. The van der Waals surface area contributed by atoms with Gasteiger partial charge >= 0.3 is 7.82 Å². The van der Waals surface area contributed by atoms with E-state index in [0.29, 0.717) is 0 Å². The maximum absolute atomic E-state index is 10.2. The van der Waals surface area contributed by atoms with Gasteiger partial charge in [-0.3, -0.25) is 4.52 Å². The van der Waals surface area contributed by atoms with Crippen LogP contribution in [0.3, 0.4) is 0 Å². The molecule has 0 aromatic rings. The van der Waals surface area contributed by atoms with Crippen LogP contribution in [0.15, 0.2) is 0 Å². The highest BCUT2D eigenvalue weighted by Gasteiger charge is 2.14. The molecule has 0 amide bonds. The van der Waals surface area contributed by atoms with Crippen LogP contribution in [0.5, 0.6) is 0 Å². The molecule has 2 N–H and O–H groups in total. The fourth-order valence-corrected chi connectivity index (χ4v) is 0.816. The van der Waals surface area contributed by atoms with Gasteiger partial charge in [0.2, 0.25) is 0 Å². The van der Waals surface area contributed by atoms with E-state index in [1.165, 1.54) is 0 Å². The lowest BCUT2D eigenvalue weighted by molar-refractivity contribution is -0.0198. The summed E-state index contributed by atoms with van der Waals surface area (Å²) in [5, 5.41) is 0. The lowest BCUT2D eigenvalue weighted by Crippen LogP contribution is -2.21. The lowest BCUT2D eigenvalue weighted by Gasteiger charge is -2.19. The van der Waals surface area contributed by atoms with Crippen molar-refractivity contribution in [1.29, 1.82) is 0 Å². The number of phosphoric ester groups is 1. The molecule has 0 aliphatic heterocycles. The molecule has 0 heterocycles. The molecule has 0 aliphatic rings. The smallest absolute Gasteiger partial charge is 0.373 e. The van der Waals surface area contributed by atoms with Gasteiger partial charge in [0.15, 0.2) is 0 Å². The standard InChI is InChI=1S/C6H15O5P/c1-6(2,3)10-4-5-11-12(7,8)9/h4-5H2,1-3H3,(H2,7,8,9). The third kappa shape index (κ3) is 10.1. The third-order valence-electron chi connectivity index (χ3n) is 0.878. The zero-order valence-electron chi connectivity index (χ0n) is 7.48. The van der Waals surface area contributed by atoms with Crippen LogP contribution in [0, 0.1) is 0 Å². The van der Waals surface area contributed by atoms with Crippen LogP contribution < -0.4 is 0 Å². The summed E-state index contributed by atoms with van der Waals surface area (Å²) in [6.45, 7) is 5.63. The summed E-state index contributed by atoms with van der Waals surface area (Å²) in [6.07, 6.45) is 0. The van der Waals surface area contributed by atoms with Gasteiger partial charge in [0.25, 0.3) is 0 Å². The van der Waals surface area contributed by atoms with Crippen LogP contribution in [0.25, 0.3) is 0 Å². The summed E-state index contributed by atoms with van der Waals surface area (Å²) >= 11 is 0. The summed E-state index contributed by atoms with van der Waals surface area (Å²) in [4.78, 5) is 16.6. The minimum atomic E-state index is -4.33.